The zero-order chi connectivity index (χ0) is 18.6. The van der Waals surface area contributed by atoms with Crippen LogP contribution in [0.2, 0.25) is 0 Å². The van der Waals surface area contributed by atoms with Gasteiger partial charge in [0.05, 0.1) is 5.75 Å². The van der Waals surface area contributed by atoms with E-state index in [4.69, 9.17) is 4.42 Å². The van der Waals surface area contributed by atoms with Gasteiger partial charge in [0.15, 0.2) is 10.9 Å². The van der Waals surface area contributed by atoms with Crippen LogP contribution in [0.5, 0.6) is 0 Å². The van der Waals surface area contributed by atoms with Crippen LogP contribution < -0.4 is 5.32 Å². The van der Waals surface area contributed by atoms with Crippen molar-refractivity contribution in [1.29, 1.82) is 0 Å². The number of nitrogens with zero attached hydrogens (tertiary/aromatic N) is 2. The Balaban J connectivity index is 1.30. The molecule has 1 amide bonds. The number of benzene rings is 1. The van der Waals surface area contributed by atoms with Crippen LogP contribution in [0.15, 0.2) is 64.6 Å². The third-order valence-corrected chi connectivity index (χ3v) is 5.44. The molecule has 0 radical (unpaired) electrons. The molecule has 0 fully saturated rings. The van der Waals surface area contributed by atoms with Crippen molar-refractivity contribution in [3.8, 4) is 0 Å². The van der Waals surface area contributed by atoms with E-state index >= 15 is 0 Å². The highest BCUT2D eigenvalue weighted by atomic mass is 32.2. The molecule has 0 atom stereocenters. The first kappa shape index (κ1) is 17.5. The lowest BCUT2D eigenvalue weighted by Gasteiger charge is -2.03. The van der Waals surface area contributed by atoms with Crippen molar-refractivity contribution in [2.75, 3.05) is 6.54 Å². The van der Waals surface area contributed by atoms with Crippen molar-refractivity contribution in [2.24, 2.45) is 7.05 Å². The van der Waals surface area contributed by atoms with Crippen LogP contribution in [0.4, 0.5) is 0 Å². The van der Waals surface area contributed by atoms with Gasteiger partial charge in [-0.25, -0.2) is 4.98 Å². The molecule has 27 heavy (non-hydrogen) atoms. The number of amides is 1. The zero-order valence-electron chi connectivity index (χ0n) is 14.9. The van der Waals surface area contributed by atoms with Crippen molar-refractivity contribution >= 4 is 28.6 Å². The second kappa shape index (κ2) is 7.75. The molecular formula is C20H20N4O2S. The van der Waals surface area contributed by atoms with Gasteiger partial charge in [0.2, 0.25) is 0 Å². The molecule has 0 saturated carbocycles. The van der Waals surface area contributed by atoms with Gasteiger partial charge in [-0.2, -0.15) is 0 Å². The standard InChI is InChI=1S/C20H20N4O2S/c1-24-11-10-22-20(24)27-13-15-6-7-18(26-15)19(25)21-9-8-14-12-23-17-5-3-2-4-16(14)17/h2-7,10-12,23H,8-9,13H2,1H3,(H,21,25). The second-order valence-corrected chi connectivity index (χ2v) is 7.18. The number of para-hydroxylation sites is 1. The van der Waals surface area contributed by atoms with E-state index in [0.717, 1.165) is 22.9 Å². The van der Waals surface area contributed by atoms with E-state index in [1.807, 2.05) is 48.3 Å². The highest BCUT2D eigenvalue weighted by molar-refractivity contribution is 7.98. The fourth-order valence-corrected chi connectivity index (χ4v) is 3.77. The quantitative estimate of drug-likeness (QED) is 0.479. The largest absolute Gasteiger partial charge is 0.455 e. The van der Waals surface area contributed by atoms with Gasteiger partial charge < -0.3 is 19.3 Å². The highest BCUT2D eigenvalue weighted by Crippen LogP contribution is 2.22. The van der Waals surface area contributed by atoms with Crippen LogP contribution in [-0.2, 0) is 19.2 Å². The van der Waals surface area contributed by atoms with E-state index in [1.165, 1.54) is 10.9 Å². The van der Waals surface area contributed by atoms with Crippen molar-refractivity contribution in [1.82, 2.24) is 19.9 Å². The minimum Gasteiger partial charge on any atom is -0.455 e. The number of imidazole rings is 1. The number of carbonyl (C=O) groups excluding carboxylic acids is 1. The van der Waals surface area contributed by atoms with Gasteiger partial charge in [-0.1, -0.05) is 30.0 Å². The summed E-state index contributed by atoms with van der Waals surface area (Å²) < 4.78 is 7.62. The van der Waals surface area contributed by atoms with E-state index < -0.39 is 0 Å². The number of aromatic amines is 1. The average Bonchev–Trinajstić information content (AvgIpc) is 3.40. The summed E-state index contributed by atoms with van der Waals surface area (Å²) in [5.41, 5.74) is 2.30. The number of nitrogens with one attached hydrogen (secondary N) is 2. The first-order valence-electron chi connectivity index (χ1n) is 8.73. The number of fused-ring (bicyclic) bond motifs is 1. The van der Waals surface area contributed by atoms with Crippen molar-refractivity contribution in [2.45, 2.75) is 17.3 Å². The molecule has 3 heterocycles. The van der Waals surface area contributed by atoms with E-state index in [9.17, 15) is 4.79 Å². The fraction of sp³-hybridized carbons (Fsp3) is 0.200. The van der Waals surface area contributed by atoms with Crippen LogP contribution in [0.25, 0.3) is 10.9 Å². The first-order chi connectivity index (χ1) is 13.2. The summed E-state index contributed by atoms with van der Waals surface area (Å²) >= 11 is 1.57. The number of H-pyrrole nitrogens is 1. The van der Waals surface area contributed by atoms with Gasteiger partial charge in [-0.05, 0) is 30.2 Å². The SMILES string of the molecule is Cn1ccnc1SCc1ccc(C(=O)NCCc2c[nH]c3ccccc23)o1. The zero-order valence-corrected chi connectivity index (χ0v) is 15.8. The molecule has 0 bridgehead atoms. The fourth-order valence-electron chi connectivity index (χ4n) is 2.94. The summed E-state index contributed by atoms with van der Waals surface area (Å²) in [6.07, 6.45) is 6.42. The van der Waals surface area contributed by atoms with Gasteiger partial charge in [0.25, 0.3) is 5.91 Å². The minimum atomic E-state index is -0.192. The summed E-state index contributed by atoms with van der Waals surface area (Å²) in [7, 11) is 1.95. The predicted octanol–water partition coefficient (Wildman–Crippen LogP) is 3.76. The molecule has 3 aromatic heterocycles. The summed E-state index contributed by atoms with van der Waals surface area (Å²) in [6.45, 7) is 0.554. The molecule has 0 unspecified atom stereocenters. The predicted molar refractivity (Wildman–Crippen MR) is 106 cm³/mol. The van der Waals surface area contributed by atoms with Gasteiger partial charge in [0, 0.05) is 43.1 Å². The summed E-state index contributed by atoms with van der Waals surface area (Å²) in [4.78, 5) is 19.8. The Kier molecular flexibility index (Phi) is 5.02. The van der Waals surface area contributed by atoms with Crippen LogP contribution in [0, 0.1) is 0 Å². The number of hydrogen-bond acceptors (Lipinski definition) is 4. The molecule has 4 rings (SSSR count). The summed E-state index contributed by atoms with van der Waals surface area (Å²) in [6, 6.07) is 11.7. The average molecular weight is 380 g/mol. The number of hydrogen-bond donors (Lipinski definition) is 2. The lowest BCUT2D eigenvalue weighted by Crippen LogP contribution is -2.25. The van der Waals surface area contributed by atoms with Gasteiger partial charge in [0.1, 0.15) is 5.76 Å². The Hall–Kier alpha value is -2.93. The summed E-state index contributed by atoms with van der Waals surface area (Å²) in [5.74, 6) is 1.53. The number of thioether (sulfide) groups is 1. The van der Waals surface area contributed by atoms with Crippen molar-refractivity contribution in [3.63, 3.8) is 0 Å². The molecule has 0 saturated heterocycles. The minimum absolute atomic E-state index is 0.192. The maximum Gasteiger partial charge on any atom is 0.287 e. The normalized spacial score (nSPS) is 11.1. The number of aromatic nitrogens is 3. The molecule has 1 aromatic carbocycles. The van der Waals surface area contributed by atoms with Crippen molar-refractivity contribution < 1.29 is 9.21 Å². The van der Waals surface area contributed by atoms with Gasteiger partial charge in [-0.3, -0.25) is 4.79 Å². The third-order valence-electron chi connectivity index (χ3n) is 4.36. The summed E-state index contributed by atoms with van der Waals surface area (Å²) in [5, 5.41) is 5.03. The van der Waals surface area contributed by atoms with Gasteiger partial charge in [-0.15, -0.1) is 0 Å². The maximum atomic E-state index is 12.3. The maximum absolute atomic E-state index is 12.3. The second-order valence-electron chi connectivity index (χ2n) is 6.24. The van der Waals surface area contributed by atoms with Crippen LogP contribution in [0.1, 0.15) is 21.9 Å². The topological polar surface area (TPSA) is 75.8 Å². The van der Waals surface area contributed by atoms with Crippen LogP contribution in [0.3, 0.4) is 0 Å². The number of furan rings is 1. The Morgan fingerprint density at radius 2 is 2.19 bits per heavy atom. The van der Waals surface area contributed by atoms with Crippen LogP contribution >= 0.6 is 11.8 Å². The van der Waals surface area contributed by atoms with Crippen LogP contribution in [-0.4, -0.2) is 27.0 Å². The molecule has 138 valence electrons. The highest BCUT2D eigenvalue weighted by Gasteiger charge is 2.12. The van der Waals surface area contributed by atoms with E-state index in [2.05, 4.69) is 21.4 Å². The number of aryl methyl sites for hydroxylation is 1. The molecule has 0 aliphatic carbocycles. The molecule has 2 N–H and O–H groups in total. The smallest absolute Gasteiger partial charge is 0.287 e. The van der Waals surface area contributed by atoms with Crippen molar-refractivity contribution in [3.05, 3.63) is 72.1 Å². The molecule has 6 nitrogen and oxygen atoms in total. The Morgan fingerprint density at radius 3 is 3.04 bits per heavy atom. The Labute approximate surface area is 161 Å². The first-order valence-corrected chi connectivity index (χ1v) is 9.71. The lowest BCUT2D eigenvalue weighted by molar-refractivity contribution is 0.0925. The molecule has 7 heteroatoms. The number of rotatable bonds is 7. The Morgan fingerprint density at radius 1 is 1.30 bits per heavy atom. The molecule has 0 aliphatic heterocycles. The molecule has 0 spiro atoms. The molecule has 0 aliphatic rings. The Bertz CT molecular complexity index is 1060. The molecule has 4 aromatic rings. The monoisotopic (exact) mass is 380 g/mol. The number of carbonyl (C=O) groups is 1. The van der Waals surface area contributed by atoms with E-state index in [1.54, 1.807) is 24.0 Å². The van der Waals surface area contributed by atoms with E-state index in [0.29, 0.717) is 18.1 Å². The van der Waals surface area contributed by atoms with Gasteiger partial charge >= 0.3 is 0 Å². The molecular weight excluding hydrogens is 360 g/mol. The van der Waals surface area contributed by atoms with E-state index in [-0.39, 0.29) is 5.91 Å². The third kappa shape index (κ3) is 3.93. The lowest BCUT2D eigenvalue weighted by atomic mass is 10.1.